The summed E-state index contributed by atoms with van der Waals surface area (Å²) in [6.07, 6.45) is 6.70. The largest absolute Gasteiger partial charge is 0.384 e. The maximum Gasteiger partial charge on any atom is 0.115 e. The molecule has 2 heterocycles. The van der Waals surface area contributed by atoms with Crippen molar-refractivity contribution in [1.82, 2.24) is 9.97 Å². The summed E-state index contributed by atoms with van der Waals surface area (Å²) in [5, 5.41) is 7.87. The molecular weight excluding hydrogens is 256 g/mol. The van der Waals surface area contributed by atoms with Crippen LogP contribution in [-0.4, -0.2) is 16.5 Å². The van der Waals surface area contributed by atoms with Gasteiger partial charge in [-0.1, -0.05) is 6.92 Å². The Morgan fingerprint density at radius 1 is 1.26 bits per heavy atom. The molecule has 4 nitrogen and oxygen atoms in total. The number of aromatic nitrogens is 2. The number of nitrogens with one attached hydrogen (secondary N) is 2. The van der Waals surface area contributed by atoms with Crippen molar-refractivity contribution in [2.75, 3.05) is 17.2 Å². The number of pyridine rings is 1. The summed E-state index contributed by atoms with van der Waals surface area (Å²) < 4.78 is 0. The van der Waals surface area contributed by atoms with Crippen molar-refractivity contribution in [3.05, 3.63) is 34.5 Å². The van der Waals surface area contributed by atoms with E-state index in [0.717, 1.165) is 29.3 Å². The van der Waals surface area contributed by atoms with Gasteiger partial charge in [0.2, 0.25) is 0 Å². The highest BCUT2D eigenvalue weighted by Crippen LogP contribution is 2.23. The fraction of sp³-hybridized carbons (Fsp3) is 0.429. The van der Waals surface area contributed by atoms with Gasteiger partial charge in [0.1, 0.15) is 5.01 Å². The van der Waals surface area contributed by atoms with E-state index >= 15 is 0 Å². The van der Waals surface area contributed by atoms with Gasteiger partial charge in [-0.3, -0.25) is 4.98 Å². The number of anilines is 2. The quantitative estimate of drug-likeness (QED) is 0.841. The molecule has 0 radical (unpaired) electrons. The number of nitrogens with zero attached hydrogens (tertiary/aromatic N) is 2. The predicted octanol–water partition coefficient (Wildman–Crippen LogP) is 3.84. The molecule has 1 atom stereocenters. The van der Waals surface area contributed by atoms with Gasteiger partial charge in [-0.2, -0.15) is 0 Å². The predicted molar refractivity (Wildman–Crippen MR) is 81.9 cm³/mol. The van der Waals surface area contributed by atoms with Gasteiger partial charge in [-0.05, 0) is 26.3 Å². The molecule has 0 aromatic carbocycles. The molecule has 0 aliphatic heterocycles. The zero-order valence-electron chi connectivity index (χ0n) is 11.6. The second kappa shape index (κ2) is 6.52. The van der Waals surface area contributed by atoms with Crippen LogP contribution in [-0.2, 0) is 0 Å². The monoisotopic (exact) mass is 276 g/mol. The third-order valence-corrected chi connectivity index (χ3v) is 3.81. The lowest BCUT2D eigenvalue weighted by atomic mass is 10.3. The van der Waals surface area contributed by atoms with Crippen molar-refractivity contribution < 1.29 is 0 Å². The van der Waals surface area contributed by atoms with Gasteiger partial charge >= 0.3 is 0 Å². The average Bonchev–Trinajstić information content (AvgIpc) is 2.83. The average molecular weight is 276 g/mol. The van der Waals surface area contributed by atoms with E-state index in [-0.39, 0.29) is 6.04 Å². The lowest BCUT2D eigenvalue weighted by Gasteiger charge is -2.13. The van der Waals surface area contributed by atoms with Crippen LogP contribution in [0.4, 0.5) is 11.4 Å². The van der Waals surface area contributed by atoms with Gasteiger partial charge in [0.15, 0.2) is 0 Å². The van der Waals surface area contributed by atoms with E-state index in [9.17, 15) is 0 Å². The molecule has 0 saturated carbocycles. The van der Waals surface area contributed by atoms with Crippen LogP contribution in [0.25, 0.3) is 0 Å². The van der Waals surface area contributed by atoms with Crippen molar-refractivity contribution in [3.8, 4) is 0 Å². The Balaban J connectivity index is 2.02. The highest BCUT2D eigenvalue weighted by atomic mass is 32.1. The maximum absolute atomic E-state index is 4.40. The number of rotatable bonds is 6. The van der Waals surface area contributed by atoms with Crippen LogP contribution in [0.5, 0.6) is 0 Å². The number of hydrogen-bond donors (Lipinski definition) is 2. The zero-order chi connectivity index (χ0) is 13.7. The summed E-state index contributed by atoms with van der Waals surface area (Å²) >= 11 is 1.72. The molecule has 102 valence electrons. The first-order valence-corrected chi connectivity index (χ1v) is 7.38. The van der Waals surface area contributed by atoms with Crippen LogP contribution in [0.2, 0.25) is 0 Å². The lowest BCUT2D eigenvalue weighted by Crippen LogP contribution is -2.07. The molecule has 2 aromatic heterocycles. The molecule has 0 bridgehead atoms. The highest BCUT2D eigenvalue weighted by molar-refractivity contribution is 7.11. The van der Waals surface area contributed by atoms with Crippen molar-refractivity contribution >= 4 is 22.7 Å². The molecule has 19 heavy (non-hydrogen) atoms. The van der Waals surface area contributed by atoms with Crippen LogP contribution in [0.1, 0.15) is 36.2 Å². The molecule has 0 aliphatic rings. The number of hydrogen-bond acceptors (Lipinski definition) is 5. The van der Waals surface area contributed by atoms with Gasteiger partial charge in [0, 0.05) is 17.6 Å². The second-order valence-corrected chi connectivity index (χ2v) is 5.83. The van der Waals surface area contributed by atoms with Crippen molar-refractivity contribution in [2.24, 2.45) is 0 Å². The van der Waals surface area contributed by atoms with Crippen LogP contribution >= 0.6 is 11.3 Å². The summed E-state index contributed by atoms with van der Waals surface area (Å²) in [5.41, 5.74) is 2.07. The fourth-order valence-corrected chi connectivity index (χ4v) is 2.55. The van der Waals surface area contributed by atoms with Gasteiger partial charge in [0.25, 0.3) is 0 Å². The minimum atomic E-state index is 0.196. The molecule has 5 heteroatoms. The summed E-state index contributed by atoms with van der Waals surface area (Å²) in [6.45, 7) is 7.30. The molecule has 2 rings (SSSR count). The van der Waals surface area contributed by atoms with Crippen molar-refractivity contribution in [1.29, 1.82) is 0 Å². The third kappa shape index (κ3) is 3.92. The number of aryl methyl sites for hydroxylation is 1. The van der Waals surface area contributed by atoms with E-state index < -0.39 is 0 Å². The van der Waals surface area contributed by atoms with Gasteiger partial charge in [-0.15, -0.1) is 11.3 Å². The Morgan fingerprint density at radius 3 is 2.74 bits per heavy atom. The van der Waals surface area contributed by atoms with Crippen LogP contribution in [0.15, 0.2) is 24.7 Å². The highest BCUT2D eigenvalue weighted by Gasteiger charge is 2.09. The lowest BCUT2D eigenvalue weighted by molar-refractivity contribution is 0.868. The molecule has 1 unspecified atom stereocenters. The molecular formula is C14H20N4S. The SMILES string of the molecule is CCCNc1cncc(NC(C)c2ncc(C)s2)c1. The van der Waals surface area contributed by atoms with Gasteiger partial charge in [0.05, 0.1) is 29.8 Å². The summed E-state index contributed by atoms with van der Waals surface area (Å²) in [5.74, 6) is 0. The second-order valence-electron chi connectivity index (χ2n) is 4.56. The van der Waals surface area contributed by atoms with E-state index in [1.165, 1.54) is 4.88 Å². The first kappa shape index (κ1) is 13.8. The molecule has 0 spiro atoms. The standard InChI is InChI=1S/C14H20N4S/c1-4-5-16-12-6-13(9-15-8-12)18-11(3)14-17-7-10(2)19-14/h6-9,11,16,18H,4-5H2,1-3H3. The van der Waals surface area contributed by atoms with Crippen LogP contribution in [0.3, 0.4) is 0 Å². The Hall–Kier alpha value is -1.62. The minimum Gasteiger partial charge on any atom is -0.384 e. The Morgan fingerprint density at radius 2 is 2.05 bits per heavy atom. The fourth-order valence-electron chi connectivity index (χ4n) is 1.77. The van der Waals surface area contributed by atoms with E-state index in [4.69, 9.17) is 0 Å². The van der Waals surface area contributed by atoms with Crippen molar-refractivity contribution in [2.45, 2.75) is 33.2 Å². The van der Waals surface area contributed by atoms with Crippen LogP contribution in [0, 0.1) is 6.92 Å². The topological polar surface area (TPSA) is 49.8 Å². The smallest absolute Gasteiger partial charge is 0.115 e. The zero-order valence-corrected chi connectivity index (χ0v) is 12.4. The Kier molecular flexibility index (Phi) is 4.74. The minimum absolute atomic E-state index is 0.196. The molecule has 2 N–H and O–H groups in total. The first-order chi connectivity index (χ1) is 9.19. The third-order valence-electron chi connectivity index (χ3n) is 2.71. The summed E-state index contributed by atoms with van der Waals surface area (Å²) in [6, 6.07) is 2.28. The van der Waals surface area contributed by atoms with Crippen LogP contribution < -0.4 is 10.6 Å². The van der Waals surface area contributed by atoms with Crippen molar-refractivity contribution in [3.63, 3.8) is 0 Å². The molecule has 2 aromatic rings. The maximum atomic E-state index is 4.40. The summed E-state index contributed by atoms with van der Waals surface area (Å²) in [4.78, 5) is 9.89. The van der Waals surface area contributed by atoms with E-state index in [2.05, 4.69) is 47.4 Å². The molecule has 0 aliphatic carbocycles. The summed E-state index contributed by atoms with van der Waals surface area (Å²) in [7, 11) is 0. The van der Waals surface area contributed by atoms with Gasteiger partial charge in [-0.25, -0.2) is 4.98 Å². The molecule has 0 saturated heterocycles. The Labute approximate surface area is 118 Å². The molecule has 0 fully saturated rings. The normalized spacial score (nSPS) is 12.2. The first-order valence-electron chi connectivity index (χ1n) is 6.57. The Bertz CT molecular complexity index is 524. The van der Waals surface area contributed by atoms with Gasteiger partial charge < -0.3 is 10.6 Å². The van der Waals surface area contributed by atoms with E-state index in [1.54, 1.807) is 11.3 Å². The molecule has 0 amide bonds. The van der Waals surface area contributed by atoms with E-state index in [0.29, 0.717) is 0 Å². The number of thiazole rings is 1. The van der Waals surface area contributed by atoms with E-state index in [1.807, 2.05) is 18.6 Å².